The monoisotopic (exact) mass is 376 g/mol. The van der Waals surface area contributed by atoms with Gasteiger partial charge in [-0.3, -0.25) is 9.59 Å². The zero-order valence-corrected chi connectivity index (χ0v) is 16.2. The minimum atomic E-state index is -0.960. The van der Waals surface area contributed by atoms with Crippen molar-refractivity contribution in [2.75, 3.05) is 26.6 Å². The van der Waals surface area contributed by atoms with Crippen LogP contribution in [0.2, 0.25) is 0 Å². The van der Waals surface area contributed by atoms with Gasteiger partial charge in [-0.25, -0.2) is 0 Å². The molecule has 0 heterocycles. The standard InChI is InChI=1S/C20H28N2O5/c1-25-15-11-14(12-16(26-2)17(15)27-3)22-19(24)20(9-10-20)18(23)21-13-7-5-4-6-8-13/h11-13H,4-10H2,1-3H3,(H,21,23)(H,22,24). The van der Waals surface area contributed by atoms with Crippen LogP contribution in [0.15, 0.2) is 12.1 Å². The molecule has 2 aliphatic carbocycles. The summed E-state index contributed by atoms with van der Waals surface area (Å²) in [7, 11) is 4.55. The van der Waals surface area contributed by atoms with Gasteiger partial charge in [-0.05, 0) is 25.7 Å². The lowest BCUT2D eigenvalue weighted by Gasteiger charge is -2.25. The highest BCUT2D eigenvalue weighted by Crippen LogP contribution is 2.48. The van der Waals surface area contributed by atoms with Crippen LogP contribution in [0.4, 0.5) is 5.69 Å². The van der Waals surface area contributed by atoms with Gasteiger partial charge in [0.05, 0.1) is 21.3 Å². The Bertz CT molecular complexity index is 683. The van der Waals surface area contributed by atoms with Crippen molar-refractivity contribution in [2.45, 2.75) is 51.0 Å². The maximum absolute atomic E-state index is 12.8. The molecule has 2 aliphatic rings. The largest absolute Gasteiger partial charge is 0.493 e. The number of anilines is 1. The lowest BCUT2D eigenvalue weighted by atomic mass is 9.94. The van der Waals surface area contributed by atoms with Crippen LogP contribution in [0.3, 0.4) is 0 Å². The van der Waals surface area contributed by atoms with E-state index in [1.807, 2.05) is 0 Å². The average Bonchev–Trinajstić information content (AvgIpc) is 3.50. The first-order valence-electron chi connectivity index (χ1n) is 9.46. The quantitative estimate of drug-likeness (QED) is 0.715. The molecule has 1 aromatic rings. The Balaban J connectivity index is 1.71. The Morgan fingerprint density at radius 2 is 1.52 bits per heavy atom. The molecule has 0 radical (unpaired) electrons. The topological polar surface area (TPSA) is 85.9 Å². The van der Waals surface area contributed by atoms with E-state index in [1.165, 1.54) is 27.8 Å². The molecule has 0 aromatic heterocycles. The van der Waals surface area contributed by atoms with Crippen molar-refractivity contribution in [1.82, 2.24) is 5.32 Å². The van der Waals surface area contributed by atoms with Gasteiger partial charge in [0.2, 0.25) is 17.6 Å². The molecule has 2 N–H and O–H groups in total. The van der Waals surface area contributed by atoms with Crippen molar-refractivity contribution in [1.29, 1.82) is 0 Å². The van der Waals surface area contributed by atoms with Crippen LogP contribution in [0.25, 0.3) is 0 Å². The summed E-state index contributed by atoms with van der Waals surface area (Å²) in [6, 6.07) is 3.51. The molecule has 27 heavy (non-hydrogen) atoms. The molecular weight excluding hydrogens is 348 g/mol. The lowest BCUT2D eigenvalue weighted by molar-refractivity contribution is -0.135. The summed E-state index contributed by atoms with van der Waals surface area (Å²) >= 11 is 0. The molecular formula is C20H28N2O5. The van der Waals surface area contributed by atoms with E-state index in [9.17, 15) is 9.59 Å². The van der Waals surface area contributed by atoms with Crippen molar-refractivity contribution >= 4 is 17.5 Å². The SMILES string of the molecule is COc1cc(NC(=O)C2(C(=O)NC3CCCCC3)CC2)cc(OC)c1OC. The van der Waals surface area contributed by atoms with Gasteiger partial charge in [-0.2, -0.15) is 0 Å². The molecule has 3 rings (SSSR count). The maximum Gasteiger partial charge on any atom is 0.240 e. The van der Waals surface area contributed by atoms with E-state index in [2.05, 4.69) is 10.6 Å². The summed E-state index contributed by atoms with van der Waals surface area (Å²) in [4.78, 5) is 25.6. The second kappa shape index (κ2) is 8.06. The summed E-state index contributed by atoms with van der Waals surface area (Å²) < 4.78 is 15.9. The third kappa shape index (κ3) is 3.96. The van der Waals surface area contributed by atoms with Gasteiger partial charge >= 0.3 is 0 Å². The first-order valence-corrected chi connectivity index (χ1v) is 9.46. The fraction of sp³-hybridized carbons (Fsp3) is 0.600. The van der Waals surface area contributed by atoms with E-state index in [-0.39, 0.29) is 17.9 Å². The Labute approximate surface area is 159 Å². The van der Waals surface area contributed by atoms with Gasteiger partial charge in [0.1, 0.15) is 5.41 Å². The summed E-state index contributed by atoms with van der Waals surface area (Å²) in [5, 5.41) is 5.93. The van der Waals surface area contributed by atoms with Gasteiger partial charge in [-0.15, -0.1) is 0 Å². The van der Waals surface area contributed by atoms with Gasteiger partial charge in [-0.1, -0.05) is 19.3 Å². The Hall–Kier alpha value is -2.44. The number of amides is 2. The summed E-state index contributed by atoms with van der Waals surface area (Å²) in [6.07, 6.45) is 6.63. The zero-order valence-electron chi connectivity index (χ0n) is 16.2. The van der Waals surface area contributed by atoms with Gasteiger partial charge in [0.15, 0.2) is 11.5 Å². The summed E-state index contributed by atoms with van der Waals surface area (Å²) in [6.45, 7) is 0. The predicted octanol–water partition coefficient (Wildman–Crippen LogP) is 2.88. The molecule has 0 saturated heterocycles. The van der Waals surface area contributed by atoms with Crippen LogP contribution >= 0.6 is 0 Å². The molecule has 1 aromatic carbocycles. The molecule has 7 heteroatoms. The van der Waals surface area contributed by atoms with E-state index < -0.39 is 5.41 Å². The molecule has 0 spiro atoms. The van der Waals surface area contributed by atoms with E-state index in [1.54, 1.807) is 12.1 Å². The van der Waals surface area contributed by atoms with Crippen LogP contribution in [-0.4, -0.2) is 39.2 Å². The average molecular weight is 376 g/mol. The Kier molecular flexibility index (Phi) is 5.77. The van der Waals surface area contributed by atoms with E-state index in [0.29, 0.717) is 35.8 Å². The molecule has 0 bridgehead atoms. The molecule has 0 unspecified atom stereocenters. The fourth-order valence-electron chi connectivity index (χ4n) is 3.66. The fourth-order valence-corrected chi connectivity index (χ4v) is 3.66. The highest BCUT2D eigenvalue weighted by molar-refractivity contribution is 6.13. The third-order valence-electron chi connectivity index (χ3n) is 5.48. The van der Waals surface area contributed by atoms with Crippen LogP contribution < -0.4 is 24.8 Å². The molecule has 2 amide bonds. The first kappa shape index (κ1) is 19.3. The molecule has 0 atom stereocenters. The van der Waals surface area contributed by atoms with E-state index in [4.69, 9.17) is 14.2 Å². The highest BCUT2D eigenvalue weighted by atomic mass is 16.5. The van der Waals surface area contributed by atoms with Crippen molar-refractivity contribution < 1.29 is 23.8 Å². The number of rotatable bonds is 7. The normalized spacial score (nSPS) is 18.3. The lowest BCUT2D eigenvalue weighted by Crippen LogP contribution is -2.45. The van der Waals surface area contributed by atoms with Gasteiger partial charge in [0.25, 0.3) is 0 Å². The molecule has 0 aliphatic heterocycles. The minimum absolute atomic E-state index is 0.153. The zero-order chi connectivity index (χ0) is 19.4. The number of methoxy groups -OCH3 is 3. The van der Waals surface area contributed by atoms with Crippen molar-refractivity contribution in [3.8, 4) is 17.2 Å². The predicted molar refractivity (Wildman–Crippen MR) is 101 cm³/mol. The maximum atomic E-state index is 12.8. The number of carbonyl (C=O) groups is 2. The van der Waals surface area contributed by atoms with Crippen molar-refractivity contribution in [3.63, 3.8) is 0 Å². The van der Waals surface area contributed by atoms with Crippen molar-refractivity contribution in [2.24, 2.45) is 5.41 Å². The van der Waals surface area contributed by atoms with Gasteiger partial charge < -0.3 is 24.8 Å². The summed E-state index contributed by atoms with van der Waals surface area (Å²) in [5.41, 5.74) is -0.455. The first-order chi connectivity index (χ1) is 13.0. The second-order valence-corrected chi connectivity index (χ2v) is 7.26. The second-order valence-electron chi connectivity index (χ2n) is 7.26. The molecule has 148 valence electrons. The molecule has 2 fully saturated rings. The number of hydrogen-bond acceptors (Lipinski definition) is 5. The van der Waals surface area contributed by atoms with Crippen LogP contribution in [0, 0.1) is 5.41 Å². The minimum Gasteiger partial charge on any atom is -0.493 e. The van der Waals surface area contributed by atoms with Crippen LogP contribution in [0.5, 0.6) is 17.2 Å². The molecule has 7 nitrogen and oxygen atoms in total. The van der Waals surface area contributed by atoms with E-state index >= 15 is 0 Å². The Morgan fingerprint density at radius 3 is 2.00 bits per heavy atom. The van der Waals surface area contributed by atoms with Gasteiger partial charge in [0, 0.05) is 23.9 Å². The number of benzene rings is 1. The highest BCUT2D eigenvalue weighted by Gasteiger charge is 2.56. The van der Waals surface area contributed by atoms with Crippen LogP contribution in [0.1, 0.15) is 44.9 Å². The number of nitrogens with one attached hydrogen (secondary N) is 2. The van der Waals surface area contributed by atoms with E-state index in [0.717, 1.165) is 25.7 Å². The summed E-state index contributed by atoms with van der Waals surface area (Å²) in [5.74, 6) is 0.908. The number of hydrogen-bond donors (Lipinski definition) is 2. The number of ether oxygens (including phenoxy) is 3. The Morgan fingerprint density at radius 1 is 0.926 bits per heavy atom. The molecule has 2 saturated carbocycles. The smallest absolute Gasteiger partial charge is 0.240 e. The van der Waals surface area contributed by atoms with Crippen LogP contribution in [-0.2, 0) is 9.59 Å². The number of carbonyl (C=O) groups excluding carboxylic acids is 2. The third-order valence-corrected chi connectivity index (χ3v) is 5.48. The van der Waals surface area contributed by atoms with Crippen molar-refractivity contribution in [3.05, 3.63) is 12.1 Å².